The Kier molecular flexibility index (Phi) is 4.01. The summed E-state index contributed by atoms with van der Waals surface area (Å²) in [5.74, 6) is -0.872. The van der Waals surface area contributed by atoms with Crippen LogP contribution < -0.4 is 10.6 Å². The summed E-state index contributed by atoms with van der Waals surface area (Å²) in [5, 5.41) is 7.95. The highest BCUT2D eigenvalue weighted by Crippen LogP contribution is 2.33. The largest absolute Gasteiger partial charge is 0.453 e. The normalized spacial score (nSPS) is 18.4. The molecule has 0 saturated heterocycles. The van der Waals surface area contributed by atoms with Crippen LogP contribution in [0.5, 0.6) is 0 Å². The molecule has 1 atom stereocenters. The van der Waals surface area contributed by atoms with Crippen molar-refractivity contribution >= 4 is 34.1 Å². The second kappa shape index (κ2) is 6.33. The fourth-order valence-corrected chi connectivity index (χ4v) is 3.59. The Morgan fingerprint density at radius 2 is 2.00 bits per heavy atom. The zero-order valence-corrected chi connectivity index (χ0v) is 14.1. The second-order valence-electron chi connectivity index (χ2n) is 6.14. The van der Waals surface area contributed by atoms with E-state index in [4.69, 9.17) is 4.74 Å². The monoisotopic (exact) mass is 356 g/mol. The molecule has 128 valence electrons. The summed E-state index contributed by atoms with van der Waals surface area (Å²) in [6.45, 7) is 0. The molecule has 1 aliphatic carbocycles. The van der Waals surface area contributed by atoms with Crippen molar-refractivity contribution in [2.45, 2.75) is 31.4 Å². The molecule has 1 aromatic carbocycles. The van der Waals surface area contributed by atoms with Gasteiger partial charge in [-0.25, -0.2) is 4.79 Å². The molecule has 2 amide bonds. The minimum Gasteiger partial charge on any atom is -0.453 e. The number of benzene rings is 1. The minimum absolute atomic E-state index is 0.0182. The maximum absolute atomic E-state index is 12.4. The lowest BCUT2D eigenvalue weighted by molar-refractivity contribution is -0.118. The van der Waals surface area contributed by atoms with Crippen molar-refractivity contribution in [2.24, 2.45) is 0 Å². The molecule has 1 fully saturated rings. The fraction of sp³-hybridized carbons (Fsp3) is 0.278. The number of carbonyl (C=O) groups excluding carboxylic acids is 3. The Labute approximate surface area is 148 Å². The van der Waals surface area contributed by atoms with Crippen LogP contribution in [-0.2, 0) is 9.53 Å². The number of esters is 1. The van der Waals surface area contributed by atoms with Crippen molar-refractivity contribution in [1.82, 2.24) is 5.32 Å². The zero-order chi connectivity index (χ0) is 17.4. The average molecular weight is 356 g/mol. The molecule has 4 rings (SSSR count). The van der Waals surface area contributed by atoms with Gasteiger partial charge < -0.3 is 15.4 Å². The van der Waals surface area contributed by atoms with E-state index in [2.05, 4.69) is 10.6 Å². The van der Waals surface area contributed by atoms with Gasteiger partial charge in [0.15, 0.2) is 0 Å². The molecule has 25 heavy (non-hydrogen) atoms. The first-order valence-electron chi connectivity index (χ1n) is 8.10. The number of anilines is 1. The lowest BCUT2D eigenvalue weighted by Crippen LogP contribution is -2.26. The first-order chi connectivity index (χ1) is 12.1. The number of fused-ring (bicyclic) bond motifs is 1. The van der Waals surface area contributed by atoms with Gasteiger partial charge in [-0.2, -0.15) is 0 Å². The molecule has 0 bridgehead atoms. The van der Waals surface area contributed by atoms with Gasteiger partial charge in [-0.05, 0) is 30.4 Å². The number of carbonyl (C=O) groups is 3. The summed E-state index contributed by atoms with van der Waals surface area (Å²) < 4.78 is 5.28. The summed E-state index contributed by atoms with van der Waals surface area (Å²) in [6.07, 6.45) is 1.44. The topological polar surface area (TPSA) is 84.5 Å². The predicted molar refractivity (Wildman–Crippen MR) is 92.7 cm³/mol. The number of amides is 2. The molecule has 2 N–H and O–H groups in total. The summed E-state index contributed by atoms with van der Waals surface area (Å²) in [7, 11) is 0. The van der Waals surface area contributed by atoms with Gasteiger partial charge in [0.2, 0.25) is 5.91 Å². The molecular weight excluding hydrogens is 340 g/mol. The number of rotatable bonds is 5. The van der Waals surface area contributed by atoms with E-state index in [1.165, 1.54) is 11.3 Å². The highest BCUT2D eigenvalue weighted by atomic mass is 32.1. The van der Waals surface area contributed by atoms with Crippen LogP contribution in [0.25, 0.3) is 0 Å². The van der Waals surface area contributed by atoms with Crippen molar-refractivity contribution in [1.29, 1.82) is 0 Å². The Morgan fingerprint density at radius 3 is 2.80 bits per heavy atom. The van der Waals surface area contributed by atoms with Crippen LogP contribution in [0.3, 0.4) is 0 Å². The molecule has 0 radical (unpaired) electrons. The highest BCUT2D eigenvalue weighted by molar-refractivity contribution is 7.14. The molecule has 2 aromatic rings. The first-order valence-corrected chi connectivity index (χ1v) is 8.98. The number of nitrogens with one attached hydrogen (secondary N) is 2. The Balaban J connectivity index is 1.43. The van der Waals surface area contributed by atoms with E-state index >= 15 is 0 Å². The van der Waals surface area contributed by atoms with E-state index in [0.29, 0.717) is 16.1 Å². The zero-order valence-electron chi connectivity index (χ0n) is 13.3. The van der Waals surface area contributed by atoms with Gasteiger partial charge in [0.25, 0.3) is 5.91 Å². The van der Waals surface area contributed by atoms with Crippen LogP contribution in [0.15, 0.2) is 35.7 Å². The molecule has 7 heteroatoms. The lowest BCUT2D eigenvalue weighted by atomic mass is 10.0. The van der Waals surface area contributed by atoms with Crippen molar-refractivity contribution in [3.8, 4) is 0 Å². The van der Waals surface area contributed by atoms with Crippen LogP contribution in [0.1, 0.15) is 51.6 Å². The maximum atomic E-state index is 12.4. The smallest absolute Gasteiger partial charge is 0.339 e. The van der Waals surface area contributed by atoms with Crippen molar-refractivity contribution in [2.75, 3.05) is 5.32 Å². The number of cyclic esters (lactones) is 1. The summed E-state index contributed by atoms with van der Waals surface area (Å²) >= 11 is 1.30. The van der Waals surface area contributed by atoms with Gasteiger partial charge in [0.05, 0.1) is 17.5 Å². The summed E-state index contributed by atoms with van der Waals surface area (Å²) in [5.41, 5.74) is 1.69. The summed E-state index contributed by atoms with van der Waals surface area (Å²) in [6, 6.07) is 9.01. The average Bonchev–Trinajstić information content (AvgIpc) is 3.19. The van der Waals surface area contributed by atoms with Gasteiger partial charge in [0, 0.05) is 11.6 Å². The third kappa shape index (κ3) is 3.28. The molecule has 1 aliphatic heterocycles. The number of hydrogen-bond donors (Lipinski definition) is 2. The molecule has 1 saturated carbocycles. The third-order valence-electron chi connectivity index (χ3n) is 4.22. The van der Waals surface area contributed by atoms with Crippen LogP contribution in [-0.4, -0.2) is 23.8 Å². The van der Waals surface area contributed by atoms with E-state index in [9.17, 15) is 14.4 Å². The van der Waals surface area contributed by atoms with E-state index < -0.39 is 12.1 Å². The van der Waals surface area contributed by atoms with Gasteiger partial charge in [-0.1, -0.05) is 18.2 Å². The minimum atomic E-state index is -0.590. The van der Waals surface area contributed by atoms with Crippen LogP contribution in [0.2, 0.25) is 0 Å². The Bertz CT molecular complexity index is 856. The number of hydrogen-bond acceptors (Lipinski definition) is 5. The van der Waals surface area contributed by atoms with Gasteiger partial charge >= 0.3 is 5.97 Å². The van der Waals surface area contributed by atoms with Crippen LogP contribution >= 0.6 is 11.3 Å². The number of ether oxygens (including phenoxy) is 1. The first kappa shape index (κ1) is 15.8. The Morgan fingerprint density at radius 1 is 1.20 bits per heavy atom. The van der Waals surface area contributed by atoms with E-state index in [-0.39, 0.29) is 24.3 Å². The van der Waals surface area contributed by atoms with E-state index in [1.54, 1.807) is 29.6 Å². The van der Waals surface area contributed by atoms with Gasteiger partial charge in [-0.3, -0.25) is 9.59 Å². The van der Waals surface area contributed by atoms with Crippen molar-refractivity contribution < 1.29 is 19.1 Å². The SMILES string of the molecule is O=C(C[C@H]1OC(=O)c2ccccc21)Nc1sccc1C(=O)NC1CC1. The maximum Gasteiger partial charge on any atom is 0.339 e. The molecule has 1 aromatic heterocycles. The second-order valence-corrected chi connectivity index (χ2v) is 7.06. The lowest BCUT2D eigenvalue weighted by Gasteiger charge is -2.11. The van der Waals surface area contributed by atoms with Crippen LogP contribution in [0.4, 0.5) is 5.00 Å². The predicted octanol–water partition coefficient (Wildman–Crippen LogP) is 2.88. The van der Waals surface area contributed by atoms with E-state index in [0.717, 1.165) is 18.4 Å². The quantitative estimate of drug-likeness (QED) is 0.807. The standard InChI is InChI=1S/C18H16N2O4S/c21-15(9-14-11-3-1-2-4-12(11)18(23)24-14)20-17-13(7-8-25-17)16(22)19-10-5-6-10/h1-4,7-8,10,14H,5-6,9H2,(H,19,22)(H,20,21)/t14-/m1/s1. The summed E-state index contributed by atoms with van der Waals surface area (Å²) in [4.78, 5) is 36.4. The molecule has 0 spiro atoms. The fourth-order valence-electron chi connectivity index (χ4n) is 2.79. The van der Waals surface area contributed by atoms with Gasteiger partial charge in [-0.15, -0.1) is 11.3 Å². The molecule has 2 heterocycles. The van der Waals surface area contributed by atoms with Crippen LogP contribution in [0, 0.1) is 0 Å². The third-order valence-corrected chi connectivity index (χ3v) is 5.05. The van der Waals surface area contributed by atoms with E-state index in [1.807, 2.05) is 6.07 Å². The Hall–Kier alpha value is -2.67. The van der Waals surface area contributed by atoms with Gasteiger partial charge in [0.1, 0.15) is 11.1 Å². The van der Waals surface area contributed by atoms with Crippen molar-refractivity contribution in [3.63, 3.8) is 0 Å². The molecular formula is C18H16N2O4S. The molecule has 2 aliphatic rings. The highest BCUT2D eigenvalue weighted by Gasteiger charge is 2.32. The molecule has 0 unspecified atom stereocenters. The molecule has 6 nitrogen and oxygen atoms in total. The number of thiophene rings is 1. The van der Waals surface area contributed by atoms with Crippen molar-refractivity contribution in [3.05, 3.63) is 52.4 Å².